The van der Waals surface area contributed by atoms with Crippen LogP contribution in [0.2, 0.25) is 0 Å². The van der Waals surface area contributed by atoms with Crippen molar-refractivity contribution in [2.24, 2.45) is 0 Å². The lowest BCUT2D eigenvalue weighted by Crippen LogP contribution is -2.27. The van der Waals surface area contributed by atoms with Gasteiger partial charge in [-0.2, -0.15) is 0 Å². The number of nitrogen functional groups attached to an aromatic ring is 1. The summed E-state index contributed by atoms with van der Waals surface area (Å²) in [4.78, 5) is 5.84. The zero-order valence-corrected chi connectivity index (χ0v) is 9.82. The molecule has 4 nitrogen and oxygen atoms in total. The minimum absolute atomic E-state index is 0.389. The monoisotopic (exact) mass is 259 g/mol. The quantitative estimate of drug-likeness (QED) is 0.858. The van der Waals surface area contributed by atoms with Crippen LogP contribution in [0.5, 0.6) is 0 Å². The highest BCUT2D eigenvalue weighted by atomic mass is 79.9. The van der Waals surface area contributed by atoms with Crippen LogP contribution in [0.25, 0.3) is 0 Å². The number of pyridine rings is 1. The Hall–Kier alpha value is -0.810. The third-order valence-electron chi connectivity index (χ3n) is 1.82. The lowest BCUT2D eigenvalue weighted by molar-refractivity contribution is 0.201. The van der Waals surface area contributed by atoms with Gasteiger partial charge < -0.3 is 15.7 Å². The standard InChI is InChI=1S/C9H14BrN3O/c1-6(14)5-13(2)9-7(10)3-12-4-8(9)11/h3-4,6,14H,5,11H2,1-2H3. The number of likely N-dealkylation sites (N-methyl/N-ethyl adjacent to an activating group) is 1. The van der Waals surface area contributed by atoms with Gasteiger partial charge in [-0.1, -0.05) is 0 Å². The number of aliphatic hydroxyl groups is 1. The molecule has 5 heteroatoms. The molecular formula is C9H14BrN3O. The highest BCUT2D eigenvalue weighted by Gasteiger charge is 2.11. The van der Waals surface area contributed by atoms with E-state index in [4.69, 9.17) is 5.73 Å². The zero-order valence-electron chi connectivity index (χ0n) is 8.24. The number of hydrogen-bond donors (Lipinski definition) is 2. The van der Waals surface area contributed by atoms with Crippen molar-refractivity contribution in [2.75, 3.05) is 24.2 Å². The van der Waals surface area contributed by atoms with E-state index in [0.717, 1.165) is 10.2 Å². The predicted octanol–water partition coefficient (Wildman–Crippen LogP) is 1.24. The number of halogens is 1. The molecule has 0 aliphatic rings. The van der Waals surface area contributed by atoms with E-state index in [1.807, 2.05) is 11.9 Å². The molecule has 0 fully saturated rings. The average molecular weight is 260 g/mol. The van der Waals surface area contributed by atoms with E-state index in [2.05, 4.69) is 20.9 Å². The first-order valence-electron chi connectivity index (χ1n) is 4.30. The van der Waals surface area contributed by atoms with Gasteiger partial charge in [0.1, 0.15) is 0 Å². The number of hydrogen-bond acceptors (Lipinski definition) is 4. The van der Waals surface area contributed by atoms with Gasteiger partial charge in [0.2, 0.25) is 0 Å². The summed E-state index contributed by atoms with van der Waals surface area (Å²) in [6.07, 6.45) is 2.89. The molecule has 0 aromatic carbocycles. The van der Waals surface area contributed by atoms with Crippen molar-refractivity contribution in [3.8, 4) is 0 Å². The summed E-state index contributed by atoms with van der Waals surface area (Å²) in [5, 5.41) is 9.25. The highest BCUT2D eigenvalue weighted by molar-refractivity contribution is 9.10. The van der Waals surface area contributed by atoms with Gasteiger partial charge in [0.05, 0.1) is 28.1 Å². The molecule has 0 saturated carbocycles. The van der Waals surface area contributed by atoms with E-state index in [9.17, 15) is 5.11 Å². The third kappa shape index (κ3) is 2.59. The Bertz CT molecular complexity index is 297. The molecule has 3 N–H and O–H groups in total. The minimum Gasteiger partial charge on any atom is -0.396 e. The molecule has 0 spiro atoms. The van der Waals surface area contributed by atoms with Crippen molar-refractivity contribution in [3.05, 3.63) is 16.9 Å². The SMILES string of the molecule is CC(O)CN(C)c1c(N)cncc1Br. The second-order valence-corrected chi connectivity index (χ2v) is 4.14. The fourth-order valence-electron chi connectivity index (χ4n) is 1.33. The molecule has 0 bridgehead atoms. The fraction of sp³-hybridized carbons (Fsp3) is 0.444. The van der Waals surface area contributed by atoms with Crippen LogP contribution in [0.1, 0.15) is 6.92 Å². The van der Waals surface area contributed by atoms with Crippen LogP contribution < -0.4 is 10.6 Å². The Labute approximate surface area is 91.9 Å². The molecule has 1 aromatic rings. The van der Waals surface area contributed by atoms with Crippen molar-refractivity contribution in [1.82, 2.24) is 4.98 Å². The molecule has 14 heavy (non-hydrogen) atoms. The van der Waals surface area contributed by atoms with Crippen molar-refractivity contribution in [1.29, 1.82) is 0 Å². The molecule has 1 rings (SSSR count). The van der Waals surface area contributed by atoms with Gasteiger partial charge in [0, 0.05) is 19.8 Å². The minimum atomic E-state index is -0.389. The van der Waals surface area contributed by atoms with E-state index >= 15 is 0 Å². The maximum absolute atomic E-state index is 9.25. The van der Waals surface area contributed by atoms with Crippen LogP contribution in [0.3, 0.4) is 0 Å². The topological polar surface area (TPSA) is 62.4 Å². The first-order chi connectivity index (χ1) is 6.52. The molecule has 1 aromatic heterocycles. The average Bonchev–Trinajstić information content (AvgIpc) is 2.01. The van der Waals surface area contributed by atoms with Crippen LogP contribution >= 0.6 is 15.9 Å². The third-order valence-corrected chi connectivity index (χ3v) is 2.40. The molecule has 78 valence electrons. The van der Waals surface area contributed by atoms with Gasteiger partial charge in [-0.3, -0.25) is 4.98 Å². The summed E-state index contributed by atoms with van der Waals surface area (Å²) >= 11 is 3.37. The van der Waals surface area contributed by atoms with E-state index in [1.54, 1.807) is 19.3 Å². The maximum atomic E-state index is 9.25. The number of nitrogens with zero attached hydrogens (tertiary/aromatic N) is 2. The van der Waals surface area contributed by atoms with Gasteiger partial charge in [-0.25, -0.2) is 0 Å². The molecule has 1 heterocycles. The number of anilines is 2. The fourth-order valence-corrected chi connectivity index (χ4v) is 1.98. The predicted molar refractivity (Wildman–Crippen MR) is 61.3 cm³/mol. The van der Waals surface area contributed by atoms with Gasteiger partial charge in [-0.15, -0.1) is 0 Å². The number of rotatable bonds is 3. The maximum Gasteiger partial charge on any atom is 0.0774 e. The van der Waals surface area contributed by atoms with E-state index < -0.39 is 0 Å². The summed E-state index contributed by atoms with van der Waals surface area (Å²) < 4.78 is 0.834. The summed E-state index contributed by atoms with van der Waals surface area (Å²) in [7, 11) is 1.88. The Balaban J connectivity index is 2.94. The first kappa shape index (κ1) is 11.3. The second kappa shape index (κ2) is 4.61. The van der Waals surface area contributed by atoms with Crippen molar-refractivity contribution in [2.45, 2.75) is 13.0 Å². The molecule has 0 aliphatic carbocycles. The van der Waals surface area contributed by atoms with Crippen molar-refractivity contribution in [3.63, 3.8) is 0 Å². The molecule has 1 unspecified atom stereocenters. The van der Waals surface area contributed by atoms with Crippen LogP contribution in [0.4, 0.5) is 11.4 Å². The molecular weight excluding hydrogens is 246 g/mol. The van der Waals surface area contributed by atoms with E-state index in [0.29, 0.717) is 12.2 Å². The first-order valence-corrected chi connectivity index (χ1v) is 5.10. The van der Waals surface area contributed by atoms with Crippen LogP contribution in [-0.2, 0) is 0 Å². The van der Waals surface area contributed by atoms with E-state index in [-0.39, 0.29) is 6.10 Å². The Morgan fingerprint density at radius 2 is 2.29 bits per heavy atom. The van der Waals surface area contributed by atoms with Crippen molar-refractivity contribution >= 4 is 27.3 Å². The summed E-state index contributed by atoms with van der Waals surface area (Å²) in [6, 6.07) is 0. The smallest absolute Gasteiger partial charge is 0.0774 e. The largest absolute Gasteiger partial charge is 0.396 e. The molecule has 0 saturated heterocycles. The second-order valence-electron chi connectivity index (χ2n) is 3.29. The van der Waals surface area contributed by atoms with E-state index in [1.165, 1.54) is 0 Å². The van der Waals surface area contributed by atoms with Crippen LogP contribution in [0, 0.1) is 0 Å². The van der Waals surface area contributed by atoms with Gasteiger partial charge in [-0.05, 0) is 22.9 Å². The Kier molecular flexibility index (Phi) is 3.71. The highest BCUT2D eigenvalue weighted by Crippen LogP contribution is 2.30. The number of aliphatic hydroxyl groups excluding tert-OH is 1. The Morgan fingerprint density at radius 1 is 1.64 bits per heavy atom. The van der Waals surface area contributed by atoms with Gasteiger partial charge in [0.15, 0.2) is 0 Å². The molecule has 1 atom stereocenters. The lowest BCUT2D eigenvalue weighted by atomic mass is 10.3. The van der Waals surface area contributed by atoms with Gasteiger partial charge in [0.25, 0.3) is 0 Å². The lowest BCUT2D eigenvalue weighted by Gasteiger charge is -2.23. The Morgan fingerprint density at radius 3 is 2.79 bits per heavy atom. The number of nitrogens with two attached hydrogens (primary N) is 1. The van der Waals surface area contributed by atoms with Crippen molar-refractivity contribution < 1.29 is 5.11 Å². The molecule has 0 aliphatic heterocycles. The molecule has 0 radical (unpaired) electrons. The van der Waals surface area contributed by atoms with Crippen LogP contribution in [-0.4, -0.2) is 29.8 Å². The summed E-state index contributed by atoms with van der Waals surface area (Å²) in [5.74, 6) is 0. The summed E-state index contributed by atoms with van der Waals surface area (Å²) in [6.45, 7) is 2.27. The zero-order chi connectivity index (χ0) is 10.7. The molecule has 0 amide bonds. The number of aromatic nitrogens is 1. The van der Waals surface area contributed by atoms with Gasteiger partial charge >= 0.3 is 0 Å². The van der Waals surface area contributed by atoms with Crippen LogP contribution in [0.15, 0.2) is 16.9 Å². The normalized spacial score (nSPS) is 12.6. The summed E-state index contributed by atoms with van der Waals surface area (Å²) in [5.41, 5.74) is 7.24.